The van der Waals surface area contributed by atoms with Gasteiger partial charge in [-0.1, -0.05) is 23.1 Å². The number of anilines is 2. The molecule has 22 heteroatoms. The number of piperidine rings is 3. The minimum absolute atomic E-state index is 0.00170. The van der Waals surface area contributed by atoms with Crippen LogP contribution in [0.1, 0.15) is 82.0 Å². The Kier molecular flexibility index (Phi) is 14.3. The minimum Gasteiger partial charge on any atom is -0.496 e. The van der Waals surface area contributed by atoms with Crippen LogP contribution in [0.4, 0.5) is 20.4 Å². The van der Waals surface area contributed by atoms with Crippen LogP contribution in [0.25, 0.3) is 11.1 Å². The Morgan fingerprint density at radius 3 is 2.44 bits per heavy atom. The number of nitrogens with one attached hydrogen (secondary N) is 2. The van der Waals surface area contributed by atoms with Gasteiger partial charge in [0.25, 0.3) is 17.7 Å². The van der Waals surface area contributed by atoms with E-state index >= 15 is 0 Å². The molecule has 3 aromatic heterocycles. The lowest BCUT2D eigenvalue weighted by Crippen LogP contribution is -2.54. The van der Waals surface area contributed by atoms with Crippen molar-refractivity contribution in [2.45, 2.75) is 62.8 Å². The van der Waals surface area contributed by atoms with Gasteiger partial charge < -0.3 is 15.0 Å². The van der Waals surface area contributed by atoms with Crippen LogP contribution in [0.5, 0.6) is 5.75 Å². The summed E-state index contributed by atoms with van der Waals surface area (Å²) >= 11 is 0. The molecule has 7 heterocycles. The second kappa shape index (κ2) is 20.9. The molecule has 3 saturated heterocycles. The van der Waals surface area contributed by atoms with Crippen LogP contribution in [0.2, 0.25) is 0 Å². The molecule has 3 fully saturated rings. The minimum atomic E-state index is -2.99. The van der Waals surface area contributed by atoms with E-state index in [1.807, 2.05) is 4.90 Å². The lowest BCUT2D eigenvalue weighted by molar-refractivity contribution is -0.136. The number of amides is 6. The fourth-order valence-electron chi connectivity index (χ4n) is 9.42. The first-order valence-electron chi connectivity index (χ1n) is 23.3. The first-order chi connectivity index (χ1) is 34.6. The maximum Gasteiger partial charge on any atom is 0.267 e. The first kappa shape index (κ1) is 49.2. The number of pyridine rings is 2. The molecule has 0 spiro atoms. The Balaban J connectivity index is 0.722. The van der Waals surface area contributed by atoms with Crippen molar-refractivity contribution in [3.63, 3.8) is 0 Å². The van der Waals surface area contributed by atoms with E-state index in [-0.39, 0.29) is 77.7 Å². The molecule has 2 aromatic carbocycles. The molecule has 2 N–H and O–H groups in total. The van der Waals surface area contributed by atoms with Crippen molar-refractivity contribution in [2.75, 3.05) is 51.4 Å². The van der Waals surface area contributed by atoms with Crippen LogP contribution >= 0.6 is 0 Å². The second-order valence-corrected chi connectivity index (χ2v) is 20.5. The molecule has 0 radical (unpaired) electrons. The van der Waals surface area contributed by atoms with Crippen molar-refractivity contribution in [1.29, 1.82) is 0 Å². The van der Waals surface area contributed by atoms with E-state index in [0.29, 0.717) is 74.4 Å². The number of nitrogens with zero attached hydrogens (tertiary/aromatic N) is 9. The molecule has 2 atom stereocenters. The van der Waals surface area contributed by atoms with E-state index in [0.717, 1.165) is 22.9 Å². The van der Waals surface area contributed by atoms with Crippen LogP contribution in [0, 0.1) is 29.4 Å². The Morgan fingerprint density at radius 1 is 0.903 bits per heavy atom. The molecule has 372 valence electrons. The van der Waals surface area contributed by atoms with Gasteiger partial charge in [-0.25, -0.2) is 27.6 Å². The number of methoxy groups -OCH3 is 1. The molecule has 5 aromatic rings. The lowest BCUT2D eigenvalue weighted by Gasteiger charge is -2.30. The molecule has 0 bridgehead atoms. The van der Waals surface area contributed by atoms with Crippen molar-refractivity contribution in [3.8, 4) is 28.7 Å². The SMILES string of the molecule is COc1cc(F)ccc1-c1cc(Nc2cc(CS(C)(=O)=NC(=O)CN3CCC(c4cn(CC(=O)N5CCC(C#Cc6cccc7c6C(=O)N(C6CCC(=O)NC6=O)C7=O)CC5)nn4)CC3)ccn2)ncc1F. The summed E-state index contributed by atoms with van der Waals surface area (Å²) in [7, 11) is -1.63. The molecule has 72 heavy (non-hydrogen) atoms. The van der Waals surface area contributed by atoms with E-state index in [2.05, 4.69) is 47.1 Å². The maximum absolute atomic E-state index is 14.8. The molecule has 6 amide bonds. The Hall–Kier alpha value is -7.77. The van der Waals surface area contributed by atoms with Crippen molar-refractivity contribution >= 4 is 56.8 Å². The summed E-state index contributed by atoms with van der Waals surface area (Å²) in [6.07, 6.45) is 8.44. The lowest BCUT2D eigenvalue weighted by atomic mass is 9.94. The van der Waals surface area contributed by atoms with E-state index in [1.165, 1.54) is 48.5 Å². The zero-order chi connectivity index (χ0) is 50.7. The average Bonchev–Trinajstić information content (AvgIpc) is 3.92. The van der Waals surface area contributed by atoms with Gasteiger partial charge in [-0.3, -0.25) is 43.9 Å². The third-order valence-corrected chi connectivity index (χ3v) is 14.5. The molecule has 0 aliphatic carbocycles. The smallest absolute Gasteiger partial charge is 0.267 e. The normalized spacial score (nSPS) is 18.5. The highest BCUT2D eigenvalue weighted by atomic mass is 32.2. The zero-order valence-electron chi connectivity index (χ0n) is 39.3. The average molecular weight is 1000 g/mol. The summed E-state index contributed by atoms with van der Waals surface area (Å²) in [6, 6.07) is 12.3. The van der Waals surface area contributed by atoms with Gasteiger partial charge in [0, 0.05) is 72.8 Å². The van der Waals surface area contributed by atoms with Gasteiger partial charge in [0.1, 0.15) is 41.6 Å². The molecule has 2 unspecified atom stereocenters. The molecule has 9 rings (SSSR count). The maximum atomic E-state index is 14.8. The van der Waals surface area contributed by atoms with Crippen molar-refractivity contribution in [1.82, 2.24) is 45.0 Å². The highest BCUT2D eigenvalue weighted by molar-refractivity contribution is 7.92. The van der Waals surface area contributed by atoms with E-state index in [9.17, 15) is 41.8 Å². The van der Waals surface area contributed by atoms with E-state index in [1.54, 1.807) is 35.4 Å². The van der Waals surface area contributed by atoms with Gasteiger partial charge >= 0.3 is 0 Å². The number of fused-ring (bicyclic) bond motifs is 1. The number of aromatic nitrogens is 5. The third-order valence-electron chi connectivity index (χ3n) is 13.1. The molecule has 0 saturated carbocycles. The van der Waals surface area contributed by atoms with Crippen LogP contribution in [-0.4, -0.2) is 131 Å². The summed E-state index contributed by atoms with van der Waals surface area (Å²) in [4.78, 5) is 90.3. The van der Waals surface area contributed by atoms with Crippen molar-refractivity contribution in [3.05, 3.63) is 113 Å². The van der Waals surface area contributed by atoms with Crippen LogP contribution in [0.15, 0.2) is 77.6 Å². The Morgan fingerprint density at radius 2 is 1.68 bits per heavy atom. The molecule has 19 nitrogen and oxygen atoms in total. The monoisotopic (exact) mass is 1000 g/mol. The summed E-state index contributed by atoms with van der Waals surface area (Å²) in [6.45, 7) is 2.12. The predicted octanol–water partition coefficient (Wildman–Crippen LogP) is 4.46. The second-order valence-electron chi connectivity index (χ2n) is 18.1. The summed E-state index contributed by atoms with van der Waals surface area (Å²) < 4.78 is 53.1. The number of halogens is 2. The number of benzene rings is 2. The summed E-state index contributed by atoms with van der Waals surface area (Å²) in [5.41, 5.74) is 2.51. The quantitative estimate of drug-likeness (QED) is 0.130. The van der Waals surface area contributed by atoms with Crippen LogP contribution in [-0.2, 0) is 41.2 Å². The van der Waals surface area contributed by atoms with Crippen molar-refractivity contribution in [2.24, 2.45) is 10.3 Å². The topological polar surface area (TPSA) is 231 Å². The third kappa shape index (κ3) is 11.1. The van der Waals surface area contributed by atoms with Crippen LogP contribution < -0.4 is 15.4 Å². The zero-order valence-corrected chi connectivity index (χ0v) is 40.1. The number of carbonyl (C=O) groups is 6. The fourth-order valence-corrected chi connectivity index (χ4v) is 10.8. The number of rotatable bonds is 12. The summed E-state index contributed by atoms with van der Waals surface area (Å²) in [5.74, 6) is 2.93. The molecule has 4 aliphatic rings. The fraction of sp³-hybridized carbons (Fsp3) is 0.360. The predicted molar refractivity (Wildman–Crippen MR) is 257 cm³/mol. The first-order valence-corrected chi connectivity index (χ1v) is 25.4. The Labute approximate surface area is 412 Å². The van der Waals surface area contributed by atoms with Gasteiger partial charge in [0.05, 0.1) is 52.2 Å². The highest BCUT2D eigenvalue weighted by Crippen LogP contribution is 2.35. The number of likely N-dealkylation sites (tertiary alicyclic amines) is 2. The van der Waals surface area contributed by atoms with E-state index in [4.69, 9.17) is 4.74 Å². The van der Waals surface area contributed by atoms with Crippen LogP contribution in [0.3, 0.4) is 0 Å². The van der Waals surface area contributed by atoms with Gasteiger partial charge in [0.2, 0.25) is 17.7 Å². The van der Waals surface area contributed by atoms with Gasteiger partial charge in [0.15, 0.2) is 0 Å². The van der Waals surface area contributed by atoms with Crippen molar-refractivity contribution < 1.29 is 46.5 Å². The largest absolute Gasteiger partial charge is 0.496 e. The highest BCUT2D eigenvalue weighted by Gasteiger charge is 2.45. The van der Waals surface area contributed by atoms with Gasteiger partial charge in [-0.05, 0) is 93.2 Å². The van der Waals surface area contributed by atoms with Gasteiger partial charge in [-0.15, -0.1) is 5.10 Å². The number of hydrogen-bond donors (Lipinski definition) is 2. The molecular formula is C50H49F2N11O8S. The number of ether oxygens (including phenoxy) is 1. The van der Waals surface area contributed by atoms with Gasteiger partial charge in [-0.2, -0.15) is 4.36 Å². The number of hydrogen-bond acceptors (Lipinski definition) is 14. The molecular weight excluding hydrogens is 953 g/mol. The van der Waals surface area contributed by atoms with E-state index < -0.39 is 56.9 Å². The number of carbonyl (C=O) groups excluding carboxylic acids is 6. The molecule has 4 aliphatic heterocycles. The standard InChI is InChI=1S/C50H49F2N11O8S/c1-71-41-23-34(51)8-9-35(41)37-24-43(54-25-38(37)52)55-42-22-31(12-17-53-42)29-72(2,70)58-45(65)27-60-18-15-32(16-19-60)39-26-62(59-57-39)28-46(66)61-20-13-30(14-21-61)6-7-33-4-3-5-36-47(33)50(69)63(49(36)68)40-10-11-44(64)56-48(40)67/h3-5,8-9,12,17,22-26,30,32,40H,10-11,13-16,18-21,27-29H2,1-2H3,(H,53,54,55)(H,56,64,67). The number of imide groups is 2. The Bertz CT molecular complexity index is 3200. The summed E-state index contributed by atoms with van der Waals surface area (Å²) in [5, 5.41) is 13.8.